The Morgan fingerprint density at radius 1 is 0.897 bits per heavy atom. The number of ether oxygens (including phenoxy) is 2. The molecule has 0 aliphatic carbocycles. The SMILES string of the molecule is C=CCO.O=C1OC2(c3ccc(O)cc3Oc3cc(O)ccc32)c2ccccc21. The predicted octanol–water partition coefficient (Wildman–Crippen LogP) is 3.83. The Morgan fingerprint density at radius 3 is 2.00 bits per heavy atom. The van der Waals surface area contributed by atoms with Gasteiger partial charge < -0.3 is 24.8 Å². The molecule has 29 heavy (non-hydrogen) atoms. The molecule has 3 aromatic rings. The molecular formula is C23H18O6. The lowest BCUT2D eigenvalue weighted by molar-refractivity contribution is 0.0224. The molecule has 2 aliphatic rings. The molecule has 0 aromatic heterocycles. The van der Waals surface area contributed by atoms with Crippen molar-refractivity contribution in [3.63, 3.8) is 0 Å². The van der Waals surface area contributed by atoms with E-state index in [-0.39, 0.29) is 18.1 Å². The molecule has 2 aliphatic heterocycles. The highest BCUT2D eigenvalue weighted by Crippen LogP contribution is 2.56. The second-order valence-electron chi connectivity index (χ2n) is 6.55. The first-order valence-corrected chi connectivity index (χ1v) is 8.90. The van der Waals surface area contributed by atoms with Gasteiger partial charge in [0.15, 0.2) is 5.60 Å². The van der Waals surface area contributed by atoms with E-state index in [1.807, 2.05) is 12.1 Å². The highest BCUT2D eigenvalue weighted by Gasteiger charge is 2.53. The van der Waals surface area contributed by atoms with Crippen LogP contribution in [-0.4, -0.2) is 27.9 Å². The third-order valence-electron chi connectivity index (χ3n) is 4.81. The fourth-order valence-corrected chi connectivity index (χ4v) is 3.65. The maximum absolute atomic E-state index is 12.5. The molecule has 5 rings (SSSR count). The molecule has 6 nitrogen and oxygen atoms in total. The average Bonchev–Trinajstić information content (AvgIpc) is 3.01. The average molecular weight is 390 g/mol. The van der Waals surface area contributed by atoms with Gasteiger partial charge in [-0.05, 0) is 30.3 Å². The molecular weight excluding hydrogens is 372 g/mol. The summed E-state index contributed by atoms with van der Waals surface area (Å²) >= 11 is 0. The second-order valence-corrected chi connectivity index (χ2v) is 6.55. The monoisotopic (exact) mass is 390 g/mol. The number of esters is 1. The molecule has 6 heteroatoms. The Labute approximate surface area is 166 Å². The van der Waals surface area contributed by atoms with E-state index in [0.717, 1.165) is 0 Å². The van der Waals surface area contributed by atoms with Crippen LogP contribution in [0.3, 0.4) is 0 Å². The number of benzene rings is 3. The molecule has 146 valence electrons. The number of phenolic OH excluding ortho intramolecular Hbond substituents is 2. The van der Waals surface area contributed by atoms with Crippen molar-refractivity contribution in [3.8, 4) is 23.0 Å². The Morgan fingerprint density at radius 2 is 1.45 bits per heavy atom. The van der Waals surface area contributed by atoms with Gasteiger partial charge in [-0.1, -0.05) is 24.3 Å². The van der Waals surface area contributed by atoms with E-state index in [4.69, 9.17) is 14.6 Å². The van der Waals surface area contributed by atoms with Crippen molar-refractivity contribution in [2.75, 3.05) is 6.61 Å². The number of aliphatic hydroxyl groups is 1. The quantitative estimate of drug-likeness (QED) is 0.432. The summed E-state index contributed by atoms with van der Waals surface area (Å²) in [4.78, 5) is 12.5. The predicted molar refractivity (Wildman–Crippen MR) is 105 cm³/mol. The van der Waals surface area contributed by atoms with Crippen LogP contribution in [-0.2, 0) is 10.3 Å². The van der Waals surface area contributed by atoms with Crippen molar-refractivity contribution in [1.29, 1.82) is 0 Å². The number of carbonyl (C=O) groups is 1. The summed E-state index contributed by atoms with van der Waals surface area (Å²) in [5, 5.41) is 27.4. The topological polar surface area (TPSA) is 96.2 Å². The largest absolute Gasteiger partial charge is 0.508 e. The van der Waals surface area contributed by atoms with E-state index in [0.29, 0.717) is 33.8 Å². The molecule has 3 aromatic carbocycles. The van der Waals surface area contributed by atoms with Gasteiger partial charge in [0.05, 0.1) is 12.2 Å². The van der Waals surface area contributed by atoms with E-state index in [9.17, 15) is 15.0 Å². The highest BCUT2D eigenvalue weighted by atomic mass is 16.6. The van der Waals surface area contributed by atoms with Crippen LogP contribution in [0, 0.1) is 0 Å². The molecule has 0 radical (unpaired) electrons. The summed E-state index contributed by atoms with van der Waals surface area (Å²) in [6.07, 6.45) is 1.43. The van der Waals surface area contributed by atoms with Gasteiger partial charge in [0.1, 0.15) is 23.0 Å². The molecule has 0 amide bonds. The Hall–Kier alpha value is -3.77. The van der Waals surface area contributed by atoms with Crippen LogP contribution in [0.15, 0.2) is 73.3 Å². The summed E-state index contributed by atoms with van der Waals surface area (Å²) < 4.78 is 11.8. The van der Waals surface area contributed by atoms with Crippen LogP contribution in [0.5, 0.6) is 23.0 Å². The van der Waals surface area contributed by atoms with Crippen LogP contribution < -0.4 is 4.74 Å². The number of aliphatic hydroxyl groups excluding tert-OH is 1. The summed E-state index contributed by atoms with van der Waals surface area (Å²) in [5.41, 5.74) is 1.28. The third kappa shape index (κ3) is 2.81. The molecule has 0 atom stereocenters. The normalized spacial score (nSPS) is 14.4. The number of hydrogen-bond acceptors (Lipinski definition) is 6. The molecule has 0 saturated carbocycles. The summed E-state index contributed by atoms with van der Waals surface area (Å²) in [5.74, 6) is 0.408. The first kappa shape index (κ1) is 18.6. The van der Waals surface area contributed by atoms with Crippen molar-refractivity contribution in [2.45, 2.75) is 5.60 Å². The lowest BCUT2D eigenvalue weighted by atomic mass is 9.77. The molecule has 0 bridgehead atoms. The molecule has 0 saturated heterocycles. The van der Waals surface area contributed by atoms with Gasteiger partial charge in [0, 0.05) is 28.8 Å². The van der Waals surface area contributed by atoms with Gasteiger partial charge in [-0.15, -0.1) is 6.58 Å². The van der Waals surface area contributed by atoms with Gasteiger partial charge in [-0.25, -0.2) is 4.79 Å². The van der Waals surface area contributed by atoms with Gasteiger partial charge in [0.2, 0.25) is 0 Å². The molecule has 0 unspecified atom stereocenters. The minimum atomic E-state index is -1.17. The number of fused-ring (bicyclic) bond motifs is 6. The maximum Gasteiger partial charge on any atom is 0.340 e. The van der Waals surface area contributed by atoms with Crippen molar-refractivity contribution in [3.05, 3.63) is 95.6 Å². The second kappa shape index (κ2) is 7.00. The van der Waals surface area contributed by atoms with Crippen LogP contribution in [0.2, 0.25) is 0 Å². The number of phenols is 2. The molecule has 3 N–H and O–H groups in total. The standard InChI is InChI=1S/C20H12O5.C3H6O/c21-11-5-7-15-17(9-11)24-18-10-12(22)6-8-16(18)20(15)14-4-2-1-3-13(14)19(23)25-20;1-2-3-4/h1-10,21-22H;2,4H,1,3H2. The first-order chi connectivity index (χ1) is 14.0. The third-order valence-corrected chi connectivity index (χ3v) is 4.81. The van der Waals surface area contributed by atoms with E-state index in [1.165, 1.54) is 30.3 Å². The maximum atomic E-state index is 12.5. The van der Waals surface area contributed by atoms with Crippen LogP contribution in [0.4, 0.5) is 0 Å². The van der Waals surface area contributed by atoms with Crippen LogP contribution in [0.1, 0.15) is 27.0 Å². The highest BCUT2D eigenvalue weighted by molar-refractivity contribution is 5.97. The van der Waals surface area contributed by atoms with Gasteiger partial charge >= 0.3 is 5.97 Å². The fourth-order valence-electron chi connectivity index (χ4n) is 3.65. The molecule has 1 spiro atoms. The Bertz CT molecular complexity index is 1070. The van der Waals surface area contributed by atoms with E-state index in [1.54, 1.807) is 24.3 Å². The van der Waals surface area contributed by atoms with Gasteiger partial charge in [-0.2, -0.15) is 0 Å². The number of hydrogen-bond donors (Lipinski definition) is 3. The summed E-state index contributed by atoms with van der Waals surface area (Å²) in [6.45, 7) is 3.31. The zero-order valence-electron chi connectivity index (χ0n) is 15.3. The van der Waals surface area contributed by atoms with Crippen molar-refractivity contribution >= 4 is 5.97 Å². The summed E-state index contributed by atoms with van der Waals surface area (Å²) in [6, 6.07) is 16.6. The van der Waals surface area contributed by atoms with Gasteiger partial charge in [0.25, 0.3) is 0 Å². The van der Waals surface area contributed by atoms with Crippen molar-refractivity contribution in [1.82, 2.24) is 0 Å². The zero-order valence-corrected chi connectivity index (χ0v) is 15.3. The van der Waals surface area contributed by atoms with E-state index in [2.05, 4.69) is 6.58 Å². The van der Waals surface area contributed by atoms with Crippen LogP contribution >= 0.6 is 0 Å². The fraction of sp³-hybridized carbons (Fsp3) is 0.0870. The number of aromatic hydroxyl groups is 2. The minimum absolute atomic E-state index is 0.0371. The first-order valence-electron chi connectivity index (χ1n) is 8.90. The van der Waals surface area contributed by atoms with E-state index >= 15 is 0 Å². The number of carbonyl (C=O) groups excluding carboxylic acids is 1. The number of rotatable bonds is 1. The smallest absolute Gasteiger partial charge is 0.340 e. The lowest BCUT2D eigenvalue weighted by Gasteiger charge is -2.36. The minimum Gasteiger partial charge on any atom is -0.508 e. The lowest BCUT2D eigenvalue weighted by Crippen LogP contribution is -2.32. The van der Waals surface area contributed by atoms with Crippen LogP contribution in [0.25, 0.3) is 0 Å². The Balaban J connectivity index is 0.000000472. The zero-order chi connectivity index (χ0) is 20.6. The Kier molecular flexibility index (Phi) is 4.48. The van der Waals surface area contributed by atoms with Gasteiger partial charge in [-0.3, -0.25) is 0 Å². The van der Waals surface area contributed by atoms with E-state index < -0.39 is 11.6 Å². The summed E-state index contributed by atoms with van der Waals surface area (Å²) in [7, 11) is 0. The molecule has 2 heterocycles. The molecule has 0 fully saturated rings. The van der Waals surface area contributed by atoms with Crippen molar-refractivity contribution in [2.24, 2.45) is 0 Å². The van der Waals surface area contributed by atoms with Crippen molar-refractivity contribution < 1.29 is 29.6 Å².